The largest absolute Gasteiger partial charge is 0.305 e. The topological polar surface area (TPSA) is 17.1 Å². The highest BCUT2D eigenvalue weighted by atomic mass is 35.7. The van der Waals surface area contributed by atoms with E-state index in [2.05, 4.69) is 0 Å². The summed E-state index contributed by atoms with van der Waals surface area (Å²) in [5, 5.41) is 0. The summed E-state index contributed by atoms with van der Waals surface area (Å²) >= 11 is 6.99. The van der Waals surface area contributed by atoms with Gasteiger partial charge in [0.2, 0.25) is 0 Å². The SMILES string of the molecule is O=P1(Cl)CSC1. The van der Waals surface area contributed by atoms with Crippen LogP contribution in [0.3, 0.4) is 0 Å². The summed E-state index contributed by atoms with van der Waals surface area (Å²) < 4.78 is 10.4. The molecule has 1 aliphatic rings. The number of hydrogen-bond donors (Lipinski definition) is 0. The summed E-state index contributed by atoms with van der Waals surface area (Å²) in [6.07, 6.45) is 0. The lowest BCUT2D eigenvalue weighted by Gasteiger charge is -2.17. The maximum atomic E-state index is 10.4. The zero-order valence-electron chi connectivity index (χ0n) is 3.06. The lowest BCUT2D eigenvalue weighted by molar-refractivity contribution is 0.588. The van der Waals surface area contributed by atoms with E-state index < -0.39 is 6.49 Å². The van der Waals surface area contributed by atoms with Crippen molar-refractivity contribution in [2.45, 2.75) is 0 Å². The van der Waals surface area contributed by atoms with Crippen molar-refractivity contribution in [3.8, 4) is 0 Å². The van der Waals surface area contributed by atoms with Crippen molar-refractivity contribution < 1.29 is 4.57 Å². The van der Waals surface area contributed by atoms with Gasteiger partial charge in [-0.05, 0) is 0 Å². The fourth-order valence-corrected chi connectivity index (χ4v) is 3.36. The highest BCUT2D eigenvalue weighted by Crippen LogP contribution is 2.64. The number of thioether (sulfide) groups is 1. The molecule has 4 heteroatoms. The minimum absolute atomic E-state index is 0.689. The molecule has 0 unspecified atom stereocenters. The minimum atomic E-state index is -2.03. The Morgan fingerprint density at radius 2 is 2.00 bits per heavy atom. The maximum Gasteiger partial charge on any atom is 0.188 e. The van der Waals surface area contributed by atoms with Crippen LogP contribution in [-0.4, -0.2) is 11.0 Å². The first-order valence-corrected chi connectivity index (χ1v) is 5.70. The smallest absolute Gasteiger partial charge is 0.188 e. The Bertz CT molecular complexity index is 95.7. The van der Waals surface area contributed by atoms with Crippen LogP contribution in [0.15, 0.2) is 0 Å². The molecule has 1 rings (SSSR count). The summed E-state index contributed by atoms with van der Waals surface area (Å²) in [7, 11) is 0. The fourth-order valence-electron chi connectivity index (χ4n) is 0.235. The van der Waals surface area contributed by atoms with Crippen LogP contribution in [0.1, 0.15) is 0 Å². The summed E-state index contributed by atoms with van der Waals surface area (Å²) in [5.74, 6) is 0. The molecule has 0 aromatic heterocycles. The van der Waals surface area contributed by atoms with Gasteiger partial charge >= 0.3 is 0 Å². The van der Waals surface area contributed by atoms with Gasteiger partial charge in [-0.25, -0.2) is 0 Å². The molecule has 6 heavy (non-hydrogen) atoms. The number of rotatable bonds is 0. The average Bonchev–Trinajstić information content (AvgIpc) is 1.32. The molecule has 0 bridgehead atoms. The fraction of sp³-hybridized carbons (Fsp3) is 1.00. The van der Waals surface area contributed by atoms with Crippen molar-refractivity contribution in [2.24, 2.45) is 0 Å². The van der Waals surface area contributed by atoms with Crippen LogP contribution in [-0.2, 0) is 4.57 Å². The zero-order valence-corrected chi connectivity index (χ0v) is 5.52. The van der Waals surface area contributed by atoms with Crippen LogP contribution < -0.4 is 0 Å². The van der Waals surface area contributed by atoms with Gasteiger partial charge in [0.15, 0.2) is 6.49 Å². The van der Waals surface area contributed by atoms with Gasteiger partial charge in [0.25, 0.3) is 0 Å². The van der Waals surface area contributed by atoms with Crippen molar-refractivity contribution in [3.63, 3.8) is 0 Å². The van der Waals surface area contributed by atoms with E-state index in [9.17, 15) is 4.57 Å². The molecule has 0 radical (unpaired) electrons. The molecule has 1 fully saturated rings. The Balaban J connectivity index is 2.53. The van der Waals surface area contributed by atoms with Gasteiger partial charge in [0.1, 0.15) is 0 Å². The van der Waals surface area contributed by atoms with Crippen LogP contribution in [0.25, 0.3) is 0 Å². The Morgan fingerprint density at radius 1 is 1.67 bits per heavy atom. The van der Waals surface area contributed by atoms with Gasteiger partial charge in [-0.1, -0.05) is 11.2 Å². The Labute approximate surface area is 45.6 Å². The second kappa shape index (κ2) is 1.43. The van der Waals surface area contributed by atoms with Crippen LogP contribution in [0.4, 0.5) is 0 Å². The summed E-state index contributed by atoms with van der Waals surface area (Å²) in [4.78, 5) is 0. The Morgan fingerprint density at radius 3 is 2.00 bits per heavy atom. The second-order valence-corrected chi connectivity index (χ2v) is 7.15. The third-order valence-electron chi connectivity index (χ3n) is 0.568. The molecule has 1 heterocycles. The van der Waals surface area contributed by atoms with Crippen molar-refractivity contribution in [2.75, 3.05) is 11.0 Å². The molecular formula is C2H4ClOPS. The highest BCUT2D eigenvalue weighted by Gasteiger charge is 2.27. The highest BCUT2D eigenvalue weighted by molar-refractivity contribution is 8.24. The van der Waals surface area contributed by atoms with Crippen molar-refractivity contribution in [1.82, 2.24) is 0 Å². The van der Waals surface area contributed by atoms with Gasteiger partial charge in [-0.2, -0.15) is 0 Å². The van der Waals surface area contributed by atoms with E-state index in [0.29, 0.717) is 11.0 Å². The molecule has 36 valence electrons. The third-order valence-corrected chi connectivity index (χ3v) is 6.87. The lowest BCUT2D eigenvalue weighted by atomic mass is 11.8. The maximum absolute atomic E-state index is 10.4. The van der Waals surface area contributed by atoms with E-state index in [1.54, 1.807) is 11.8 Å². The first kappa shape index (κ1) is 5.02. The van der Waals surface area contributed by atoms with E-state index in [4.69, 9.17) is 11.2 Å². The van der Waals surface area contributed by atoms with Gasteiger partial charge in [0.05, 0.1) is 11.0 Å². The number of hydrogen-bond acceptors (Lipinski definition) is 2. The molecule has 0 N–H and O–H groups in total. The molecular weight excluding hydrogens is 139 g/mol. The predicted molar refractivity (Wildman–Crippen MR) is 30.8 cm³/mol. The molecule has 0 aromatic rings. The molecule has 0 spiro atoms. The van der Waals surface area contributed by atoms with Crippen LogP contribution >= 0.6 is 29.5 Å². The predicted octanol–water partition coefficient (Wildman–Crippen LogP) is 2.17. The monoisotopic (exact) mass is 142 g/mol. The first-order chi connectivity index (χ1) is 2.71. The van der Waals surface area contributed by atoms with E-state index in [-0.39, 0.29) is 0 Å². The molecule has 1 saturated heterocycles. The lowest BCUT2D eigenvalue weighted by Crippen LogP contribution is -1.92. The normalized spacial score (nSPS) is 28.8. The number of halogens is 1. The van der Waals surface area contributed by atoms with E-state index >= 15 is 0 Å². The summed E-state index contributed by atoms with van der Waals surface area (Å²) in [5.41, 5.74) is 1.38. The zero-order chi connectivity index (χ0) is 4.62. The van der Waals surface area contributed by atoms with Crippen molar-refractivity contribution in [3.05, 3.63) is 0 Å². The third kappa shape index (κ3) is 0.927. The van der Waals surface area contributed by atoms with Crippen LogP contribution in [0, 0.1) is 0 Å². The van der Waals surface area contributed by atoms with E-state index in [0.717, 1.165) is 0 Å². The van der Waals surface area contributed by atoms with Crippen molar-refractivity contribution in [1.29, 1.82) is 0 Å². The molecule has 0 aliphatic carbocycles. The van der Waals surface area contributed by atoms with Gasteiger partial charge < -0.3 is 4.57 Å². The Kier molecular flexibility index (Phi) is 1.19. The van der Waals surface area contributed by atoms with Gasteiger partial charge in [-0.3, -0.25) is 0 Å². The quantitative estimate of drug-likeness (QED) is 0.482. The Hall–Kier alpha value is 0.870. The molecule has 0 saturated carbocycles. The second-order valence-electron chi connectivity index (χ2n) is 1.25. The van der Waals surface area contributed by atoms with Crippen LogP contribution in [0.2, 0.25) is 0 Å². The first-order valence-electron chi connectivity index (χ1n) is 1.56. The summed E-state index contributed by atoms with van der Waals surface area (Å²) in [6, 6.07) is 0. The van der Waals surface area contributed by atoms with Gasteiger partial charge in [0, 0.05) is 0 Å². The molecule has 0 amide bonds. The average molecular weight is 143 g/mol. The molecule has 0 atom stereocenters. The summed E-state index contributed by atoms with van der Waals surface area (Å²) in [6.45, 7) is -2.03. The van der Waals surface area contributed by atoms with E-state index in [1.165, 1.54) is 0 Å². The molecule has 1 nitrogen and oxygen atoms in total. The van der Waals surface area contributed by atoms with Crippen LogP contribution in [0.5, 0.6) is 0 Å². The minimum Gasteiger partial charge on any atom is -0.305 e. The van der Waals surface area contributed by atoms with E-state index in [1.807, 2.05) is 0 Å². The standard InChI is InChI=1S/C2H4ClOPS/c3-5(4)1-6-2-5/h1-2H2. The van der Waals surface area contributed by atoms with Crippen molar-refractivity contribution >= 4 is 29.5 Å². The molecule has 1 aliphatic heterocycles. The molecule has 0 aromatic carbocycles. The van der Waals surface area contributed by atoms with Gasteiger partial charge in [-0.15, -0.1) is 11.8 Å².